The van der Waals surface area contributed by atoms with Crippen LogP contribution in [0.5, 0.6) is 0 Å². The van der Waals surface area contributed by atoms with E-state index in [2.05, 4.69) is 4.72 Å². The number of aromatic carboxylic acids is 1. The van der Waals surface area contributed by atoms with Gasteiger partial charge in [0.25, 0.3) is 0 Å². The number of nitrogens with one attached hydrogen (secondary N) is 1. The second-order valence-electron chi connectivity index (χ2n) is 3.78. The highest BCUT2D eigenvalue weighted by molar-refractivity contribution is 7.90. The van der Waals surface area contributed by atoms with Gasteiger partial charge in [0.2, 0.25) is 10.0 Å². The van der Waals surface area contributed by atoms with Crippen LogP contribution in [0.2, 0.25) is 4.34 Å². The maximum Gasteiger partial charge on any atom is 0.345 e. The Morgan fingerprint density at radius 2 is 2.24 bits per heavy atom. The van der Waals surface area contributed by atoms with Gasteiger partial charge in [-0.15, -0.1) is 11.3 Å². The maximum absolute atomic E-state index is 11.6. The zero-order valence-corrected chi connectivity index (χ0v) is 11.0. The summed E-state index contributed by atoms with van der Waals surface area (Å²) >= 11 is 6.76. The summed E-state index contributed by atoms with van der Waals surface area (Å²) in [5.41, 5.74) is 0.498. The van der Waals surface area contributed by atoms with Gasteiger partial charge in [-0.25, -0.2) is 17.9 Å². The quantitative estimate of drug-likeness (QED) is 0.866. The first-order chi connectivity index (χ1) is 7.90. The van der Waals surface area contributed by atoms with Crippen LogP contribution in [0.1, 0.15) is 28.1 Å². The van der Waals surface area contributed by atoms with Crippen LogP contribution in [-0.4, -0.2) is 24.7 Å². The Labute approximate surface area is 107 Å². The van der Waals surface area contributed by atoms with Crippen molar-refractivity contribution in [3.63, 3.8) is 0 Å². The van der Waals surface area contributed by atoms with Crippen molar-refractivity contribution in [3.8, 4) is 0 Å². The third-order valence-electron chi connectivity index (χ3n) is 2.40. The summed E-state index contributed by atoms with van der Waals surface area (Å²) < 4.78 is 25.8. The molecule has 5 nitrogen and oxygen atoms in total. The molecule has 2 N–H and O–H groups in total. The number of hydrogen-bond acceptors (Lipinski definition) is 4. The van der Waals surface area contributed by atoms with Crippen LogP contribution >= 0.6 is 22.9 Å². The average molecular weight is 296 g/mol. The molecule has 1 heterocycles. The fourth-order valence-electron chi connectivity index (χ4n) is 1.31. The number of carbonyl (C=O) groups is 1. The Balaban J connectivity index is 2.06. The first-order valence-electron chi connectivity index (χ1n) is 4.90. The van der Waals surface area contributed by atoms with Gasteiger partial charge in [0.05, 0.1) is 9.59 Å². The normalized spacial score (nSPS) is 16.1. The van der Waals surface area contributed by atoms with Gasteiger partial charge in [0, 0.05) is 6.54 Å². The van der Waals surface area contributed by atoms with Crippen molar-refractivity contribution < 1.29 is 18.3 Å². The third kappa shape index (κ3) is 2.98. The Kier molecular flexibility index (Phi) is 3.44. The molecule has 0 aromatic carbocycles. The molecule has 0 saturated heterocycles. The molecule has 0 atom stereocenters. The van der Waals surface area contributed by atoms with Gasteiger partial charge in [0.15, 0.2) is 0 Å². The zero-order chi connectivity index (χ0) is 12.6. The number of carboxylic acids is 1. The fourth-order valence-corrected chi connectivity index (χ4v) is 3.77. The van der Waals surface area contributed by atoms with E-state index in [0.29, 0.717) is 22.7 Å². The molecule has 94 valence electrons. The van der Waals surface area contributed by atoms with Crippen molar-refractivity contribution in [2.75, 3.05) is 0 Å². The molecule has 1 aliphatic rings. The molecule has 0 bridgehead atoms. The number of rotatable bonds is 5. The van der Waals surface area contributed by atoms with E-state index in [9.17, 15) is 13.2 Å². The van der Waals surface area contributed by atoms with Crippen LogP contribution in [0.15, 0.2) is 6.07 Å². The minimum atomic E-state index is -3.26. The maximum atomic E-state index is 11.6. The number of hydrogen-bond donors (Lipinski definition) is 2. The minimum absolute atomic E-state index is 0.0431. The van der Waals surface area contributed by atoms with E-state index in [4.69, 9.17) is 16.7 Å². The lowest BCUT2D eigenvalue weighted by Crippen LogP contribution is -2.26. The zero-order valence-electron chi connectivity index (χ0n) is 8.64. The second kappa shape index (κ2) is 4.56. The summed E-state index contributed by atoms with van der Waals surface area (Å²) in [5.74, 6) is -1.06. The summed E-state index contributed by atoms with van der Waals surface area (Å²) in [4.78, 5) is 10.8. The van der Waals surface area contributed by atoms with E-state index in [0.717, 1.165) is 11.3 Å². The largest absolute Gasteiger partial charge is 0.477 e. The number of sulfonamides is 1. The molecule has 2 rings (SSSR count). The van der Waals surface area contributed by atoms with Crippen molar-refractivity contribution in [3.05, 3.63) is 20.8 Å². The van der Waals surface area contributed by atoms with Gasteiger partial charge < -0.3 is 5.11 Å². The van der Waals surface area contributed by atoms with Crippen molar-refractivity contribution in [1.29, 1.82) is 0 Å². The molecule has 0 spiro atoms. The van der Waals surface area contributed by atoms with Crippen LogP contribution in [0, 0.1) is 0 Å². The molecule has 1 aliphatic carbocycles. The third-order valence-corrected chi connectivity index (χ3v) is 5.72. The summed E-state index contributed by atoms with van der Waals surface area (Å²) in [6.45, 7) is 0.0431. The highest BCUT2D eigenvalue weighted by Gasteiger charge is 2.35. The topological polar surface area (TPSA) is 83.5 Å². The summed E-state index contributed by atoms with van der Waals surface area (Å²) in [5, 5.41) is 8.47. The molecule has 0 unspecified atom stereocenters. The standard InChI is InChI=1S/C9H10ClNO4S2/c10-8-5(3-7(16-8)9(12)13)4-11-17(14,15)6-1-2-6/h3,6,11H,1-2,4H2,(H,12,13). The molecule has 1 aromatic rings. The molecule has 1 saturated carbocycles. The van der Waals surface area contributed by atoms with Crippen molar-refractivity contribution >= 4 is 38.9 Å². The molecule has 1 aromatic heterocycles. The van der Waals surface area contributed by atoms with Gasteiger partial charge in [-0.2, -0.15) is 0 Å². The van der Waals surface area contributed by atoms with Gasteiger partial charge in [-0.05, 0) is 24.5 Å². The van der Waals surface area contributed by atoms with E-state index >= 15 is 0 Å². The Morgan fingerprint density at radius 3 is 2.71 bits per heavy atom. The summed E-state index contributed by atoms with van der Waals surface area (Å²) in [7, 11) is -3.26. The lowest BCUT2D eigenvalue weighted by Gasteiger charge is -2.03. The molecule has 0 aliphatic heterocycles. The van der Waals surface area contributed by atoms with Crippen molar-refractivity contribution in [2.24, 2.45) is 0 Å². The molecule has 1 fully saturated rings. The van der Waals surface area contributed by atoms with Gasteiger partial charge >= 0.3 is 5.97 Å². The molecular weight excluding hydrogens is 286 g/mol. The summed E-state index contributed by atoms with van der Waals surface area (Å²) in [6.07, 6.45) is 1.38. The van der Waals surface area contributed by atoms with Gasteiger partial charge in [0.1, 0.15) is 4.88 Å². The molecule has 8 heteroatoms. The predicted molar refractivity (Wildman–Crippen MR) is 65.1 cm³/mol. The molecule has 0 amide bonds. The Bertz CT molecular complexity index is 547. The lowest BCUT2D eigenvalue weighted by atomic mass is 10.3. The summed E-state index contributed by atoms with van der Waals surface area (Å²) in [6, 6.07) is 1.39. The first kappa shape index (κ1) is 12.8. The SMILES string of the molecule is O=C(O)c1cc(CNS(=O)(=O)C2CC2)c(Cl)s1. The smallest absolute Gasteiger partial charge is 0.345 e. The second-order valence-corrected chi connectivity index (χ2v) is 7.48. The number of carboxylic acid groups (broad SMARTS) is 1. The fraction of sp³-hybridized carbons (Fsp3) is 0.444. The van der Waals surface area contributed by atoms with Crippen LogP contribution in [-0.2, 0) is 16.6 Å². The highest BCUT2D eigenvalue weighted by atomic mass is 35.5. The molecule has 0 radical (unpaired) electrons. The molecule has 17 heavy (non-hydrogen) atoms. The molecular formula is C9H10ClNO4S2. The number of thiophene rings is 1. The van der Waals surface area contributed by atoms with E-state index in [1.165, 1.54) is 6.07 Å². The monoisotopic (exact) mass is 295 g/mol. The van der Waals surface area contributed by atoms with Crippen LogP contribution in [0.4, 0.5) is 0 Å². The van der Waals surface area contributed by atoms with Crippen LogP contribution < -0.4 is 4.72 Å². The van der Waals surface area contributed by atoms with E-state index < -0.39 is 16.0 Å². The first-order valence-corrected chi connectivity index (χ1v) is 7.64. The van der Waals surface area contributed by atoms with Crippen LogP contribution in [0.25, 0.3) is 0 Å². The lowest BCUT2D eigenvalue weighted by molar-refractivity contribution is 0.0702. The predicted octanol–water partition coefficient (Wildman–Crippen LogP) is 1.68. The average Bonchev–Trinajstić information content (AvgIpc) is 3.01. The number of halogens is 1. The Morgan fingerprint density at radius 1 is 1.59 bits per heavy atom. The van der Waals surface area contributed by atoms with E-state index in [-0.39, 0.29) is 16.7 Å². The highest BCUT2D eigenvalue weighted by Crippen LogP contribution is 2.30. The van der Waals surface area contributed by atoms with E-state index in [1.54, 1.807) is 0 Å². The van der Waals surface area contributed by atoms with Crippen LogP contribution in [0.3, 0.4) is 0 Å². The van der Waals surface area contributed by atoms with E-state index in [1.807, 2.05) is 0 Å². The van der Waals surface area contributed by atoms with Gasteiger partial charge in [-0.3, -0.25) is 0 Å². The minimum Gasteiger partial charge on any atom is -0.477 e. The van der Waals surface area contributed by atoms with Crippen molar-refractivity contribution in [1.82, 2.24) is 4.72 Å². The van der Waals surface area contributed by atoms with Crippen molar-refractivity contribution in [2.45, 2.75) is 24.6 Å². The Hall–Kier alpha value is -0.630. The van der Waals surface area contributed by atoms with Gasteiger partial charge in [-0.1, -0.05) is 11.6 Å².